The molecule has 1 rings (SSSR count). The van der Waals surface area contributed by atoms with Crippen molar-refractivity contribution >= 4 is 29.7 Å². The molecule has 0 aromatic carbocycles. The van der Waals surface area contributed by atoms with Gasteiger partial charge < -0.3 is 42.9 Å². The average molecular weight is 444 g/mol. The van der Waals surface area contributed by atoms with E-state index in [1.807, 2.05) is 0 Å². The number of aliphatic carboxylic acids is 1. The lowest BCUT2D eigenvalue weighted by Gasteiger charge is -2.25. The monoisotopic (exact) mass is 443 g/mol. The third-order valence-corrected chi connectivity index (χ3v) is 4.75. The molecule has 5 atom stereocenters. The second kappa shape index (κ2) is 12.7. The number of rotatable bonds is 12. The summed E-state index contributed by atoms with van der Waals surface area (Å²) in [5, 5.41) is 29.5. The van der Waals surface area contributed by atoms with Crippen LogP contribution in [0.4, 0.5) is 0 Å². The van der Waals surface area contributed by atoms with Crippen LogP contribution in [0.2, 0.25) is 0 Å². The van der Waals surface area contributed by atoms with E-state index in [1.165, 1.54) is 13.8 Å². The van der Waals surface area contributed by atoms with Gasteiger partial charge in [-0.15, -0.1) is 0 Å². The standard InChI is InChI=1S/C18H33N7O6/c1-9(23-15(28)11-5-3-7-21-11)14(27)25-13(10(2)26)16(29)24-12(17(30)31)6-4-8-22-18(19)20/h9-13,21,26H,3-8H2,1-2H3,(H,23,28)(H,24,29)(H,25,27)(H,30,31)(H4,19,20,22). The minimum atomic E-state index is -1.41. The normalized spacial score (nSPS) is 19.4. The first kappa shape index (κ1) is 26.1. The van der Waals surface area contributed by atoms with E-state index in [1.54, 1.807) is 0 Å². The molecule has 5 unspecified atom stereocenters. The Kier molecular flexibility index (Phi) is 10.7. The molecule has 1 heterocycles. The molecule has 3 amide bonds. The fourth-order valence-corrected chi connectivity index (χ4v) is 2.99. The highest BCUT2D eigenvalue weighted by molar-refractivity contribution is 5.94. The summed E-state index contributed by atoms with van der Waals surface area (Å²) in [6.45, 7) is 3.64. The van der Waals surface area contributed by atoms with Crippen molar-refractivity contribution in [3.8, 4) is 0 Å². The largest absolute Gasteiger partial charge is 0.480 e. The van der Waals surface area contributed by atoms with Gasteiger partial charge in [0.1, 0.15) is 18.1 Å². The Morgan fingerprint density at radius 1 is 1.13 bits per heavy atom. The molecule has 31 heavy (non-hydrogen) atoms. The zero-order chi connectivity index (χ0) is 23.6. The van der Waals surface area contributed by atoms with Crippen LogP contribution in [0.5, 0.6) is 0 Å². The fraction of sp³-hybridized carbons (Fsp3) is 0.722. The third-order valence-electron chi connectivity index (χ3n) is 4.75. The number of aliphatic hydroxyl groups is 1. The van der Waals surface area contributed by atoms with Crippen LogP contribution >= 0.6 is 0 Å². The molecular formula is C18H33N7O6. The Balaban J connectivity index is 2.65. The third kappa shape index (κ3) is 9.17. The fourth-order valence-electron chi connectivity index (χ4n) is 2.99. The minimum Gasteiger partial charge on any atom is -0.480 e. The SMILES string of the molecule is CC(NC(=O)C1CCCN1)C(=O)NC(C(=O)NC(CCCN=C(N)N)C(=O)O)C(C)O. The number of guanidine groups is 1. The van der Waals surface area contributed by atoms with E-state index >= 15 is 0 Å². The van der Waals surface area contributed by atoms with Crippen molar-refractivity contribution in [1.29, 1.82) is 0 Å². The number of aliphatic imine (C=N–C) groups is 1. The predicted molar refractivity (Wildman–Crippen MR) is 112 cm³/mol. The van der Waals surface area contributed by atoms with Gasteiger partial charge in [0.2, 0.25) is 17.7 Å². The maximum Gasteiger partial charge on any atom is 0.326 e. The predicted octanol–water partition coefficient (Wildman–Crippen LogP) is -3.27. The van der Waals surface area contributed by atoms with Crippen LogP contribution in [0.3, 0.4) is 0 Å². The van der Waals surface area contributed by atoms with Gasteiger partial charge in [0.05, 0.1) is 12.1 Å². The molecule has 1 aliphatic rings. The average Bonchev–Trinajstić information content (AvgIpc) is 3.22. The van der Waals surface area contributed by atoms with Gasteiger partial charge in [-0.1, -0.05) is 0 Å². The van der Waals surface area contributed by atoms with Gasteiger partial charge in [0, 0.05) is 6.54 Å². The maximum absolute atomic E-state index is 12.5. The quantitative estimate of drug-likeness (QED) is 0.0859. The topological polar surface area (TPSA) is 221 Å². The van der Waals surface area contributed by atoms with Gasteiger partial charge >= 0.3 is 5.97 Å². The van der Waals surface area contributed by atoms with Gasteiger partial charge in [-0.2, -0.15) is 0 Å². The highest BCUT2D eigenvalue weighted by atomic mass is 16.4. The molecule has 1 fully saturated rings. The van der Waals surface area contributed by atoms with Crippen LogP contribution < -0.4 is 32.7 Å². The van der Waals surface area contributed by atoms with E-state index in [4.69, 9.17) is 11.5 Å². The number of amides is 3. The summed E-state index contributed by atoms with van der Waals surface area (Å²) in [4.78, 5) is 52.2. The maximum atomic E-state index is 12.5. The van der Waals surface area contributed by atoms with Crippen molar-refractivity contribution < 1.29 is 29.4 Å². The highest BCUT2D eigenvalue weighted by Crippen LogP contribution is 2.05. The van der Waals surface area contributed by atoms with Crippen molar-refractivity contribution in [2.45, 2.75) is 69.8 Å². The van der Waals surface area contributed by atoms with Gasteiger partial charge in [0.15, 0.2) is 5.96 Å². The van der Waals surface area contributed by atoms with E-state index in [2.05, 4.69) is 26.3 Å². The number of aliphatic hydroxyl groups excluding tert-OH is 1. The molecule has 1 saturated heterocycles. The van der Waals surface area contributed by atoms with Crippen molar-refractivity contribution in [3.05, 3.63) is 0 Å². The van der Waals surface area contributed by atoms with Crippen LogP contribution in [-0.4, -0.2) is 83.2 Å². The second-order valence-corrected chi connectivity index (χ2v) is 7.45. The Hall–Kier alpha value is -2.93. The smallest absolute Gasteiger partial charge is 0.326 e. The van der Waals surface area contributed by atoms with Gasteiger partial charge in [0.25, 0.3) is 0 Å². The number of carboxylic acids is 1. The van der Waals surface area contributed by atoms with Crippen molar-refractivity contribution in [2.75, 3.05) is 13.1 Å². The number of nitrogens with one attached hydrogen (secondary N) is 4. The molecule has 0 radical (unpaired) electrons. The molecule has 0 aromatic heterocycles. The van der Waals surface area contributed by atoms with Crippen molar-refractivity contribution in [1.82, 2.24) is 21.3 Å². The molecule has 1 aliphatic heterocycles. The Morgan fingerprint density at radius 3 is 2.32 bits per heavy atom. The number of hydrogen-bond acceptors (Lipinski definition) is 7. The molecule has 13 heteroatoms. The zero-order valence-corrected chi connectivity index (χ0v) is 17.8. The molecule has 0 spiro atoms. The molecule has 0 aliphatic carbocycles. The molecule has 13 nitrogen and oxygen atoms in total. The number of nitrogens with zero attached hydrogens (tertiary/aromatic N) is 1. The van der Waals surface area contributed by atoms with Gasteiger partial charge in [-0.25, -0.2) is 4.79 Å². The number of carboxylic acid groups (broad SMARTS) is 1. The van der Waals surface area contributed by atoms with Crippen LogP contribution in [0.25, 0.3) is 0 Å². The number of hydrogen-bond donors (Lipinski definition) is 8. The van der Waals surface area contributed by atoms with Gasteiger partial charge in [-0.3, -0.25) is 19.4 Å². The molecule has 10 N–H and O–H groups in total. The Morgan fingerprint density at radius 2 is 1.81 bits per heavy atom. The Labute approximate surface area is 180 Å². The summed E-state index contributed by atoms with van der Waals surface area (Å²) in [5.41, 5.74) is 10.4. The van der Waals surface area contributed by atoms with E-state index < -0.39 is 42.0 Å². The zero-order valence-electron chi connectivity index (χ0n) is 17.8. The van der Waals surface area contributed by atoms with Crippen LogP contribution in [-0.2, 0) is 19.2 Å². The lowest BCUT2D eigenvalue weighted by atomic mass is 10.1. The minimum absolute atomic E-state index is 0.0409. The van der Waals surface area contributed by atoms with E-state index in [9.17, 15) is 29.4 Å². The first-order chi connectivity index (χ1) is 14.5. The van der Waals surface area contributed by atoms with Crippen molar-refractivity contribution in [3.63, 3.8) is 0 Å². The number of carbonyl (C=O) groups excluding carboxylic acids is 3. The number of carbonyl (C=O) groups is 4. The first-order valence-corrected chi connectivity index (χ1v) is 10.1. The number of nitrogens with two attached hydrogens (primary N) is 2. The molecule has 0 aromatic rings. The van der Waals surface area contributed by atoms with Crippen LogP contribution in [0.15, 0.2) is 4.99 Å². The first-order valence-electron chi connectivity index (χ1n) is 10.1. The molecule has 176 valence electrons. The van der Waals surface area contributed by atoms with E-state index in [0.29, 0.717) is 12.8 Å². The van der Waals surface area contributed by atoms with Crippen molar-refractivity contribution in [2.24, 2.45) is 16.5 Å². The molecule has 0 saturated carbocycles. The molecule has 0 bridgehead atoms. The summed E-state index contributed by atoms with van der Waals surface area (Å²) < 4.78 is 0. The van der Waals surface area contributed by atoms with E-state index in [0.717, 1.165) is 13.0 Å². The lowest BCUT2D eigenvalue weighted by molar-refractivity contribution is -0.143. The van der Waals surface area contributed by atoms with E-state index in [-0.39, 0.29) is 30.9 Å². The van der Waals surface area contributed by atoms with Crippen LogP contribution in [0, 0.1) is 0 Å². The summed E-state index contributed by atoms with van der Waals surface area (Å²) in [6.07, 6.45) is 0.552. The molecular weight excluding hydrogens is 410 g/mol. The Bertz CT molecular complexity index is 674. The second-order valence-electron chi connectivity index (χ2n) is 7.45. The summed E-state index contributed by atoms with van der Waals surface area (Å²) in [5.74, 6) is -3.29. The summed E-state index contributed by atoms with van der Waals surface area (Å²) in [6, 6.07) is -4.00. The highest BCUT2D eigenvalue weighted by Gasteiger charge is 2.32. The van der Waals surface area contributed by atoms with Gasteiger partial charge in [-0.05, 0) is 46.1 Å². The summed E-state index contributed by atoms with van der Waals surface area (Å²) in [7, 11) is 0. The lowest BCUT2D eigenvalue weighted by Crippen LogP contribution is -2.59. The summed E-state index contributed by atoms with van der Waals surface area (Å²) >= 11 is 0. The van der Waals surface area contributed by atoms with Crippen LogP contribution in [0.1, 0.15) is 39.5 Å².